The third kappa shape index (κ3) is 3.45. The predicted molar refractivity (Wildman–Crippen MR) is 87.9 cm³/mol. The van der Waals surface area contributed by atoms with Gasteiger partial charge in [0, 0.05) is 24.6 Å². The molecule has 6 nitrogen and oxygen atoms in total. The summed E-state index contributed by atoms with van der Waals surface area (Å²) in [4.78, 5) is 23.5. The van der Waals surface area contributed by atoms with Crippen LogP contribution in [0.3, 0.4) is 0 Å². The number of hydrogen-bond donors (Lipinski definition) is 2. The number of hydrogen-bond acceptors (Lipinski definition) is 3. The lowest BCUT2D eigenvalue weighted by molar-refractivity contribution is -0.123. The Morgan fingerprint density at radius 3 is 3.00 bits per heavy atom. The van der Waals surface area contributed by atoms with Crippen LogP contribution in [0.25, 0.3) is 11.3 Å². The van der Waals surface area contributed by atoms with Crippen molar-refractivity contribution < 1.29 is 14.1 Å². The van der Waals surface area contributed by atoms with Crippen LogP contribution in [0.5, 0.6) is 0 Å². The first-order chi connectivity index (χ1) is 11.6. The SMILES string of the molecule is CCCc1cccc(-c2cc(NC(=O)[C@@H]3CNC(=O)C3)nn2F)c1. The maximum Gasteiger partial charge on any atom is 0.230 e. The molecule has 1 saturated heterocycles. The highest BCUT2D eigenvalue weighted by molar-refractivity contribution is 5.96. The number of carbonyl (C=O) groups excluding carboxylic acids is 2. The fourth-order valence-corrected chi connectivity index (χ4v) is 2.80. The summed E-state index contributed by atoms with van der Waals surface area (Å²) in [6.07, 6.45) is 2.07. The second-order valence-corrected chi connectivity index (χ2v) is 5.92. The summed E-state index contributed by atoms with van der Waals surface area (Å²) in [6, 6.07) is 9.09. The van der Waals surface area contributed by atoms with Crippen LogP contribution >= 0.6 is 0 Å². The molecule has 0 aliphatic carbocycles. The third-order valence-electron chi connectivity index (χ3n) is 4.03. The summed E-state index contributed by atoms with van der Waals surface area (Å²) >= 11 is 0. The van der Waals surface area contributed by atoms with Crippen LogP contribution in [0, 0.1) is 5.92 Å². The van der Waals surface area contributed by atoms with Crippen molar-refractivity contribution in [2.45, 2.75) is 26.2 Å². The monoisotopic (exact) mass is 330 g/mol. The second-order valence-electron chi connectivity index (χ2n) is 5.92. The van der Waals surface area contributed by atoms with Crippen LogP contribution in [-0.4, -0.2) is 28.4 Å². The standard InChI is InChI=1S/C17H19FN4O2/c1-2-4-11-5-3-6-12(7-11)14-9-15(21-22(14)18)20-17(24)13-8-16(23)19-10-13/h3,5-7,9,13H,2,4,8,10H2,1H3,(H,19,23)(H,20,21,24)/t13-/m0/s1. The largest absolute Gasteiger partial charge is 0.355 e. The van der Waals surface area contributed by atoms with E-state index in [9.17, 15) is 14.1 Å². The second kappa shape index (κ2) is 6.82. The summed E-state index contributed by atoms with van der Waals surface area (Å²) in [5.74, 6) is -0.798. The molecule has 0 unspecified atom stereocenters. The van der Waals surface area contributed by atoms with Crippen molar-refractivity contribution in [2.75, 3.05) is 11.9 Å². The van der Waals surface area contributed by atoms with Gasteiger partial charge in [0.15, 0.2) is 5.82 Å². The molecule has 2 aromatic rings. The number of amides is 2. The van der Waals surface area contributed by atoms with Crippen LogP contribution in [0.4, 0.5) is 10.3 Å². The van der Waals surface area contributed by atoms with Gasteiger partial charge < -0.3 is 10.6 Å². The highest BCUT2D eigenvalue weighted by atomic mass is 19.2. The van der Waals surface area contributed by atoms with Gasteiger partial charge in [-0.25, -0.2) is 0 Å². The molecule has 1 fully saturated rings. The van der Waals surface area contributed by atoms with Crippen molar-refractivity contribution in [1.82, 2.24) is 15.3 Å². The molecular formula is C17H19FN4O2. The molecule has 7 heteroatoms. The Hall–Kier alpha value is -2.70. The quantitative estimate of drug-likeness (QED) is 0.883. The minimum atomic E-state index is -0.446. The number of aromatic nitrogens is 2. The van der Waals surface area contributed by atoms with Gasteiger partial charge in [0.05, 0.1) is 5.92 Å². The first kappa shape index (κ1) is 16.2. The van der Waals surface area contributed by atoms with Gasteiger partial charge in [-0.15, -0.1) is 5.10 Å². The molecule has 126 valence electrons. The van der Waals surface area contributed by atoms with Crippen molar-refractivity contribution in [3.63, 3.8) is 0 Å². The van der Waals surface area contributed by atoms with E-state index in [0.717, 1.165) is 18.4 Å². The van der Waals surface area contributed by atoms with Gasteiger partial charge in [-0.3, -0.25) is 9.59 Å². The summed E-state index contributed by atoms with van der Waals surface area (Å²) in [7, 11) is 0. The van der Waals surface area contributed by atoms with E-state index in [2.05, 4.69) is 22.7 Å². The van der Waals surface area contributed by atoms with Crippen LogP contribution in [-0.2, 0) is 16.0 Å². The summed E-state index contributed by atoms with van der Waals surface area (Å²) in [5, 5.41) is 8.88. The third-order valence-corrected chi connectivity index (χ3v) is 4.03. The molecule has 2 amide bonds. The van der Waals surface area contributed by atoms with E-state index in [1.807, 2.05) is 18.2 Å². The lowest BCUT2D eigenvalue weighted by atomic mass is 10.0. The Morgan fingerprint density at radius 2 is 2.29 bits per heavy atom. The molecule has 0 spiro atoms. The molecule has 24 heavy (non-hydrogen) atoms. The van der Waals surface area contributed by atoms with E-state index >= 15 is 0 Å². The van der Waals surface area contributed by atoms with Gasteiger partial charge >= 0.3 is 0 Å². The zero-order valence-corrected chi connectivity index (χ0v) is 13.4. The number of halogens is 1. The molecule has 1 aromatic heterocycles. The average Bonchev–Trinajstić information content (AvgIpc) is 3.14. The molecule has 1 atom stereocenters. The molecule has 3 rings (SSSR count). The van der Waals surface area contributed by atoms with Crippen molar-refractivity contribution in [3.05, 3.63) is 35.9 Å². The van der Waals surface area contributed by atoms with Crippen LogP contribution in [0.2, 0.25) is 0 Å². The molecular weight excluding hydrogens is 311 g/mol. The van der Waals surface area contributed by atoms with Crippen molar-refractivity contribution >= 4 is 17.6 Å². The number of anilines is 1. The van der Waals surface area contributed by atoms with Gasteiger partial charge in [0.2, 0.25) is 11.8 Å². The lowest BCUT2D eigenvalue weighted by Gasteiger charge is -2.05. The van der Waals surface area contributed by atoms with Gasteiger partial charge in [-0.2, -0.15) is 0 Å². The van der Waals surface area contributed by atoms with Crippen molar-refractivity contribution in [1.29, 1.82) is 0 Å². The van der Waals surface area contributed by atoms with Gasteiger partial charge in [-0.1, -0.05) is 40.9 Å². The number of nitrogens with zero attached hydrogens (tertiary/aromatic N) is 2. The fraction of sp³-hybridized carbons (Fsp3) is 0.353. The molecule has 0 radical (unpaired) electrons. The molecule has 0 saturated carbocycles. The van der Waals surface area contributed by atoms with E-state index in [4.69, 9.17) is 0 Å². The van der Waals surface area contributed by atoms with E-state index in [-0.39, 0.29) is 34.7 Å². The lowest BCUT2D eigenvalue weighted by Crippen LogP contribution is -2.24. The van der Waals surface area contributed by atoms with Crippen molar-refractivity contribution in [2.24, 2.45) is 5.92 Å². The molecule has 1 aliphatic heterocycles. The first-order valence-corrected chi connectivity index (χ1v) is 8.00. The predicted octanol–water partition coefficient (Wildman–Crippen LogP) is 2.31. The topological polar surface area (TPSA) is 76.0 Å². The average molecular weight is 330 g/mol. The highest BCUT2D eigenvalue weighted by Gasteiger charge is 2.28. The molecule has 2 heterocycles. The van der Waals surface area contributed by atoms with E-state index < -0.39 is 5.92 Å². The zero-order chi connectivity index (χ0) is 17.1. The smallest absolute Gasteiger partial charge is 0.230 e. The van der Waals surface area contributed by atoms with Crippen LogP contribution in [0.15, 0.2) is 30.3 Å². The van der Waals surface area contributed by atoms with Gasteiger partial charge in [0.1, 0.15) is 5.69 Å². The number of carbonyl (C=O) groups is 2. The van der Waals surface area contributed by atoms with E-state index in [1.165, 1.54) is 6.07 Å². The fourth-order valence-electron chi connectivity index (χ4n) is 2.80. The maximum atomic E-state index is 14.1. The van der Waals surface area contributed by atoms with Gasteiger partial charge in [0.25, 0.3) is 0 Å². The van der Waals surface area contributed by atoms with Crippen LogP contribution in [0.1, 0.15) is 25.3 Å². The Kier molecular flexibility index (Phi) is 4.59. The van der Waals surface area contributed by atoms with Gasteiger partial charge in [-0.05, 0) is 18.1 Å². The highest BCUT2D eigenvalue weighted by Crippen LogP contribution is 2.25. The van der Waals surface area contributed by atoms with E-state index in [0.29, 0.717) is 12.1 Å². The van der Waals surface area contributed by atoms with Crippen molar-refractivity contribution in [3.8, 4) is 11.3 Å². The van der Waals surface area contributed by atoms with E-state index in [1.54, 1.807) is 6.07 Å². The summed E-state index contributed by atoms with van der Waals surface area (Å²) < 4.78 is 14.1. The molecule has 2 N–H and O–H groups in total. The minimum absolute atomic E-state index is 0.137. The normalized spacial score (nSPS) is 16.9. The summed E-state index contributed by atoms with van der Waals surface area (Å²) in [5.41, 5.74) is 2.11. The Balaban J connectivity index is 1.76. The minimum Gasteiger partial charge on any atom is -0.355 e. The van der Waals surface area contributed by atoms with Crippen LogP contribution < -0.4 is 10.6 Å². The number of benzene rings is 1. The zero-order valence-electron chi connectivity index (χ0n) is 13.4. The molecule has 0 bridgehead atoms. The Bertz CT molecular complexity index is 772. The first-order valence-electron chi connectivity index (χ1n) is 8.00. The number of rotatable bonds is 5. The Morgan fingerprint density at radius 1 is 1.46 bits per heavy atom. The number of nitrogens with one attached hydrogen (secondary N) is 2. The molecule has 1 aromatic carbocycles. The summed E-state index contributed by atoms with van der Waals surface area (Å²) in [6.45, 7) is 2.38. The molecule has 1 aliphatic rings. The Labute approximate surface area is 139 Å². The maximum absolute atomic E-state index is 14.1. The number of aryl methyl sites for hydroxylation is 1.